The van der Waals surface area contributed by atoms with E-state index >= 15 is 0 Å². The van der Waals surface area contributed by atoms with E-state index in [9.17, 15) is 8.42 Å². The summed E-state index contributed by atoms with van der Waals surface area (Å²) in [5, 5.41) is 0.326. The second kappa shape index (κ2) is 6.01. The standard InChI is InChI=1S/C13H12Cl2N2O3S/c1-20-12-6-5-8(7-10(12)15)17-21(18,19)13-9(14)3-2-4-11(13)16/h2-7,17H,16H2,1H3. The highest BCUT2D eigenvalue weighted by molar-refractivity contribution is 7.93. The lowest BCUT2D eigenvalue weighted by Crippen LogP contribution is -2.15. The summed E-state index contributed by atoms with van der Waals surface area (Å²) in [7, 11) is -2.45. The van der Waals surface area contributed by atoms with Crippen LogP contribution >= 0.6 is 23.2 Å². The largest absolute Gasteiger partial charge is 0.495 e. The van der Waals surface area contributed by atoms with Crippen LogP contribution in [0.1, 0.15) is 0 Å². The van der Waals surface area contributed by atoms with Crippen molar-refractivity contribution in [1.29, 1.82) is 0 Å². The molecule has 0 fully saturated rings. The van der Waals surface area contributed by atoms with Gasteiger partial charge < -0.3 is 10.5 Å². The molecule has 0 aliphatic rings. The number of benzene rings is 2. The monoisotopic (exact) mass is 346 g/mol. The Labute approximate surface area is 132 Å². The Morgan fingerprint density at radius 3 is 2.43 bits per heavy atom. The molecule has 112 valence electrons. The third-order valence-electron chi connectivity index (χ3n) is 2.67. The Morgan fingerprint density at radius 2 is 1.86 bits per heavy atom. The number of ether oxygens (including phenoxy) is 1. The quantitative estimate of drug-likeness (QED) is 0.831. The molecule has 0 spiro atoms. The van der Waals surface area contributed by atoms with Crippen molar-refractivity contribution in [2.45, 2.75) is 4.90 Å². The minimum atomic E-state index is -3.92. The maximum absolute atomic E-state index is 12.4. The number of methoxy groups -OCH3 is 1. The van der Waals surface area contributed by atoms with Gasteiger partial charge in [0, 0.05) is 0 Å². The summed E-state index contributed by atoms with van der Waals surface area (Å²) >= 11 is 11.9. The molecule has 0 atom stereocenters. The summed E-state index contributed by atoms with van der Waals surface area (Å²) in [5.41, 5.74) is 6.03. The molecule has 0 saturated carbocycles. The summed E-state index contributed by atoms with van der Waals surface area (Å²) in [6.07, 6.45) is 0. The van der Waals surface area contributed by atoms with Crippen molar-refractivity contribution in [1.82, 2.24) is 0 Å². The van der Waals surface area contributed by atoms with Crippen LogP contribution in [0.15, 0.2) is 41.3 Å². The van der Waals surface area contributed by atoms with E-state index in [1.165, 1.54) is 31.4 Å². The second-order valence-electron chi connectivity index (χ2n) is 4.11. The van der Waals surface area contributed by atoms with E-state index in [0.717, 1.165) is 0 Å². The van der Waals surface area contributed by atoms with Crippen LogP contribution in [0.3, 0.4) is 0 Å². The molecule has 0 unspecified atom stereocenters. The molecular formula is C13H12Cl2N2O3S. The van der Waals surface area contributed by atoms with Gasteiger partial charge in [0.15, 0.2) is 0 Å². The molecule has 0 aliphatic carbocycles. The SMILES string of the molecule is COc1ccc(NS(=O)(=O)c2c(N)cccc2Cl)cc1Cl. The Hall–Kier alpha value is -1.63. The van der Waals surface area contributed by atoms with Gasteiger partial charge in [-0.25, -0.2) is 8.42 Å². The highest BCUT2D eigenvalue weighted by Crippen LogP contribution is 2.31. The summed E-state index contributed by atoms with van der Waals surface area (Å²) < 4.78 is 32.1. The predicted molar refractivity (Wildman–Crippen MR) is 84.7 cm³/mol. The van der Waals surface area contributed by atoms with Crippen LogP contribution in [0, 0.1) is 0 Å². The Bertz CT molecular complexity index is 759. The van der Waals surface area contributed by atoms with Crippen LogP contribution in [0.5, 0.6) is 5.75 Å². The number of nitrogen functional groups attached to an aromatic ring is 1. The second-order valence-corrected chi connectivity index (χ2v) is 6.55. The van der Waals surface area contributed by atoms with Gasteiger partial charge in [0.25, 0.3) is 10.0 Å². The van der Waals surface area contributed by atoms with Gasteiger partial charge in [-0.05, 0) is 30.3 Å². The molecule has 0 saturated heterocycles. The highest BCUT2D eigenvalue weighted by Gasteiger charge is 2.21. The van der Waals surface area contributed by atoms with Crippen molar-refractivity contribution < 1.29 is 13.2 Å². The molecule has 0 heterocycles. The lowest BCUT2D eigenvalue weighted by molar-refractivity contribution is 0.415. The van der Waals surface area contributed by atoms with E-state index in [4.69, 9.17) is 33.7 Å². The van der Waals surface area contributed by atoms with Gasteiger partial charge in [0.1, 0.15) is 10.6 Å². The number of hydrogen-bond donors (Lipinski definition) is 2. The van der Waals surface area contributed by atoms with Gasteiger partial charge in [-0.2, -0.15) is 0 Å². The van der Waals surface area contributed by atoms with Crippen LogP contribution in [-0.2, 0) is 10.0 Å². The molecule has 2 aromatic rings. The topological polar surface area (TPSA) is 81.4 Å². The third-order valence-corrected chi connectivity index (χ3v) is 4.89. The van der Waals surface area contributed by atoms with E-state index < -0.39 is 10.0 Å². The first-order chi connectivity index (χ1) is 9.85. The van der Waals surface area contributed by atoms with Crippen molar-refractivity contribution in [3.05, 3.63) is 46.4 Å². The number of nitrogens with one attached hydrogen (secondary N) is 1. The summed E-state index contributed by atoms with van der Waals surface area (Å²) in [5.74, 6) is 0.442. The number of hydrogen-bond acceptors (Lipinski definition) is 4. The Balaban J connectivity index is 2.40. The Kier molecular flexibility index (Phi) is 4.51. The summed E-state index contributed by atoms with van der Waals surface area (Å²) in [4.78, 5) is -0.168. The number of anilines is 2. The molecule has 2 rings (SSSR count). The van der Waals surface area contributed by atoms with Crippen LogP contribution in [0.2, 0.25) is 10.0 Å². The molecular weight excluding hydrogens is 335 g/mol. The average Bonchev–Trinajstić information content (AvgIpc) is 2.37. The zero-order chi connectivity index (χ0) is 15.6. The first kappa shape index (κ1) is 15.8. The minimum absolute atomic E-state index is 0.0436. The fourth-order valence-electron chi connectivity index (χ4n) is 1.75. The maximum Gasteiger partial charge on any atom is 0.265 e. The van der Waals surface area contributed by atoms with Gasteiger partial charge in [-0.1, -0.05) is 29.3 Å². The number of nitrogens with two attached hydrogens (primary N) is 1. The number of halogens is 2. The molecule has 0 radical (unpaired) electrons. The summed E-state index contributed by atoms with van der Waals surface area (Å²) in [6, 6.07) is 8.99. The van der Waals surface area contributed by atoms with E-state index in [1.807, 2.05) is 0 Å². The number of sulfonamides is 1. The average molecular weight is 347 g/mol. The lowest BCUT2D eigenvalue weighted by atomic mass is 10.3. The zero-order valence-corrected chi connectivity index (χ0v) is 13.3. The fourth-order valence-corrected chi connectivity index (χ4v) is 3.73. The molecule has 5 nitrogen and oxygen atoms in total. The minimum Gasteiger partial charge on any atom is -0.495 e. The maximum atomic E-state index is 12.4. The molecule has 3 N–H and O–H groups in total. The lowest BCUT2D eigenvalue weighted by Gasteiger charge is -2.12. The first-order valence-electron chi connectivity index (χ1n) is 5.75. The zero-order valence-electron chi connectivity index (χ0n) is 10.9. The van der Waals surface area contributed by atoms with Gasteiger partial charge in [0.2, 0.25) is 0 Å². The molecule has 2 aromatic carbocycles. The van der Waals surface area contributed by atoms with Crippen LogP contribution < -0.4 is 15.2 Å². The molecule has 0 bridgehead atoms. The van der Waals surface area contributed by atoms with Crippen molar-refractivity contribution in [2.24, 2.45) is 0 Å². The summed E-state index contributed by atoms with van der Waals surface area (Å²) in [6.45, 7) is 0. The van der Waals surface area contributed by atoms with E-state index in [-0.39, 0.29) is 26.3 Å². The van der Waals surface area contributed by atoms with Crippen molar-refractivity contribution in [3.63, 3.8) is 0 Å². The van der Waals surface area contributed by atoms with Crippen molar-refractivity contribution in [2.75, 3.05) is 17.6 Å². The van der Waals surface area contributed by atoms with Gasteiger partial charge >= 0.3 is 0 Å². The van der Waals surface area contributed by atoms with Gasteiger partial charge in [0.05, 0.1) is 28.5 Å². The molecule has 0 amide bonds. The van der Waals surface area contributed by atoms with E-state index in [2.05, 4.69) is 4.72 Å². The van der Waals surface area contributed by atoms with E-state index in [1.54, 1.807) is 12.1 Å². The third kappa shape index (κ3) is 3.34. The van der Waals surface area contributed by atoms with Crippen LogP contribution in [0.4, 0.5) is 11.4 Å². The van der Waals surface area contributed by atoms with Crippen LogP contribution in [-0.4, -0.2) is 15.5 Å². The van der Waals surface area contributed by atoms with Crippen molar-refractivity contribution >= 4 is 44.6 Å². The molecule has 0 aromatic heterocycles. The fraction of sp³-hybridized carbons (Fsp3) is 0.0769. The normalized spacial score (nSPS) is 11.2. The molecule has 8 heteroatoms. The first-order valence-corrected chi connectivity index (χ1v) is 7.99. The van der Waals surface area contributed by atoms with Crippen LogP contribution in [0.25, 0.3) is 0 Å². The predicted octanol–water partition coefficient (Wildman–Crippen LogP) is 3.39. The van der Waals surface area contributed by atoms with Crippen molar-refractivity contribution in [3.8, 4) is 5.75 Å². The Morgan fingerprint density at radius 1 is 1.14 bits per heavy atom. The highest BCUT2D eigenvalue weighted by atomic mass is 35.5. The number of rotatable bonds is 4. The molecule has 21 heavy (non-hydrogen) atoms. The van der Waals surface area contributed by atoms with Gasteiger partial charge in [-0.3, -0.25) is 4.72 Å². The van der Waals surface area contributed by atoms with Gasteiger partial charge in [-0.15, -0.1) is 0 Å². The molecule has 0 aliphatic heterocycles. The smallest absolute Gasteiger partial charge is 0.265 e. The van der Waals surface area contributed by atoms with E-state index in [0.29, 0.717) is 5.75 Å².